The molecule has 2 aromatic carbocycles. The van der Waals surface area contributed by atoms with Crippen LogP contribution in [-0.4, -0.2) is 48.7 Å². The molecular formula is C21H23FN4O. The van der Waals surface area contributed by atoms with Crippen LogP contribution in [0, 0.1) is 12.7 Å². The molecule has 1 saturated heterocycles. The molecule has 140 valence electrons. The summed E-state index contributed by atoms with van der Waals surface area (Å²) in [6.45, 7) is 4.97. The molecular weight excluding hydrogens is 343 g/mol. The van der Waals surface area contributed by atoms with Crippen molar-refractivity contribution in [1.29, 1.82) is 0 Å². The van der Waals surface area contributed by atoms with Gasteiger partial charge in [0.2, 0.25) is 0 Å². The average Bonchev–Trinajstić information content (AvgIpc) is 3.17. The number of hydrogen-bond acceptors (Lipinski definition) is 2. The molecule has 1 fully saturated rings. The van der Waals surface area contributed by atoms with Crippen molar-refractivity contribution in [2.45, 2.75) is 6.92 Å². The molecule has 1 aliphatic rings. The number of anilines is 1. The molecule has 0 unspecified atom stereocenters. The highest BCUT2D eigenvalue weighted by molar-refractivity contribution is 5.85. The highest BCUT2D eigenvalue weighted by Crippen LogP contribution is 2.28. The molecule has 6 heteroatoms. The van der Waals surface area contributed by atoms with Crippen molar-refractivity contribution in [3.05, 3.63) is 60.0 Å². The predicted octanol–water partition coefficient (Wildman–Crippen LogP) is 3.54. The first-order valence-corrected chi connectivity index (χ1v) is 9.16. The van der Waals surface area contributed by atoms with Crippen molar-refractivity contribution in [1.82, 2.24) is 14.8 Å². The molecule has 0 aliphatic carbocycles. The van der Waals surface area contributed by atoms with Gasteiger partial charge >= 0.3 is 6.03 Å². The quantitative estimate of drug-likeness (QED) is 0.754. The Labute approximate surface area is 158 Å². The molecule has 1 aromatic heterocycles. The lowest BCUT2D eigenvalue weighted by atomic mass is 10.1. The molecule has 0 saturated carbocycles. The number of hydrogen-bond donors (Lipinski definition) is 1. The van der Waals surface area contributed by atoms with Gasteiger partial charge in [0.25, 0.3) is 0 Å². The van der Waals surface area contributed by atoms with Gasteiger partial charge in [-0.1, -0.05) is 12.1 Å². The van der Waals surface area contributed by atoms with E-state index >= 15 is 0 Å². The summed E-state index contributed by atoms with van der Waals surface area (Å²) in [7, 11) is 1.66. The molecule has 0 spiro atoms. The smallest absolute Gasteiger partial charge is 0.317 e. The largest absolute Gasteiger partial charge is 0.368 e. The van der Waals surface area contributed by atoms with Gasteiger partial charge in [-0.3, -0.25) is 0 Å². The maximum absolute atomic E-state index is 14.1. The van der Waals surface area contributed by atoms with E-state index in [0.717, 1.165) is 35.5 Å². The van der Waals surface area contributed by atoms with Crippen LogP contribution in [0.3, 0.4) is 0 Å². The number of aromatic nitrogens is 1. The van der Waals surface area contributed by atoms with Gasteiger partial charge in [0.15, 0.2) is 0 Å². The van der Waals surface area contributed by atoms with Gasteiger partial charge in [0.1, 0.15) is 5.82 Å². The van der Waals surface area contributed by atoms with Gasteiger partial charge in [-0.2, -0.15) is 0 Å². The van der Waals surface area contributed by atoms with Crippen molar-refractivity contribution < 1.29 is 9.18 Å². The zero-order valence-electron chi connectivity index (χ0n) is 15.6. The molecule has 0 radical (unpaired) electrons. The average molecular weight is 366 g/mol. The van der Waals surface area contributed by atoms with E-state index in [1.165, 1.54) is 6.07 Å². The number of carbonyl (C=O) groups is 1. The summed E-state index contributed by atoms with van der Waals surface area (Å²) < 4.78 is 16.2. The first-order chi connectivity index (χ1) is 13.1. The van der Waals surface area contributed by atoms with Crippen LogP contribution in [0.15, 0.2) is 48.7 Å². The van der Waals surface area contributed by atoms with Gasteiger partial charge in [-0.05, 0) is 42.8 Å². The molecule has 27 heavy (non-hydrogen) atoms. The van der Waals surface area contributed by atoms with Crippen molar-refractivity contribution >= 4 is 22.6 Å². The van der Waals surface area contributed by atoms with E-state index in [0.29, 0.717) is 18.5 Å². The van der Waals surface area contributed by atoms with E-state index in [4.69, 9.17) is 0 Å². The highest BCUT2D eigenvalue weighted by atomic mass is 19.1. The number of benzene rings is 2. The Hall–Kier alpha value is -3.02. The maximum atomic E-state index is 14.1. The third kappa shape index (κ3) is 3.12. The van der Waals surface area contributed by atoms with Gasteiger partial charge in [0.05, 0.1) is 5.52 Å². The number of amides is 2. The Kier molecular flexibility index (Phi) is 4.48. The van der Waals surface area contributed by atoms with E-state index in [1.807, 2.05) is 46.9 Å². The number of fused-ring (bicyclic) bond motifs is 1. The van der Waals surface area contributed by atoms with Gasteiger partial charge in [0, 0.05) is 56.2 Å². The second kappa shape index (κ2) is 6.95. The van der Waals surface area contributed by atoms with Gasteiger partial charge in [-0.25, -0.2) is 9.18 Å². The lowest BCUT2D eigenvalue weighted by molar-refractivity contribution is 0.196. The Morgan fingerprint density at radius 2 is 1.78 bits per heavy atom. The minimum absolute atomic E-state index is 0.0280. The van der Waals surface area contributed by atoms with E-state index in [-0.39, 0.29) is 11.8 Å². The van der Waals surface area contributed by atoms with Crippen LogP contribution in [0.5, 0.6) is 0 Å². The van der Waals surface area contributed by atoms with Gasteiger partial charge < -0.3 is 19.7 Å². The number of nitrogens with zero attached hydrogens (tertiary/aromatic N) is 3. The van der Waals surface area contributed by atoms with Crippen molar-refractivity contribution in [2.75, 3.05) is 38.1 Å². The summed E-state index contributed by atoms with van der Waals surface area (Å²) in [6, 6.07) is 13.4. The van der Waals surface area contributed by atoms with Crippen LogP contribution in [0.4, 0.5) is 14.9 Å². The number of rotatable bonds is 2. The van der Waals surface area contributed by atoms with Crippen LogP contribution in [-0.2, 0) is 0 Å². The second-order valence-corrected chi connectivity index (χ2v) is 6.86. The summed E-state index contributed by atoms with van der Waals surface area (Å²) >= 11 is 0. The van der Waals surface area contributed by atoms with Crippen molar-refractivity contribution in [3.8, 4) is 5.69 Å². The standard InChI is InChI=1S/C21H23FN4O/c1-15-6-7-19(22)18-8-9-26(20(15)18)17-5-3-4-16(14-17)24-10-12-25(13-11-24)21(27)23-2/h3-9,14H,10-13H2,1-2H3,(H,23,27). The Morgan fingerprint density at radius 1 is 1.04 bits per heavy atom. The fraction of sp³-hybridized carbons (Fsp3) is 0.286. The third-order valence-electron chi connectivity index (χ3n) is 5.25. The zero-order chi connectivity index (χ0) is 19.0. The molecule has 5 nitrogen and oxygen atoms in total. The second-order valence-electron chi connectivity index (χ2n) is 6.86. The number of aryl methyl sites for hydroxylation is 1. The Bertz CT molecular complexity index is 989. The summed E-state index contributed by atoms with van der Waals surface area (Å²) in [6.07, 6.45) is 1.92. The topological polar surface area (TPSA) is 40.5 Å². The number of urea groups is 1. The van der Waals surface area contributed by atoms with Crippen molar-refractivity contribution in [3.63, 3.8) is 0 Å². The van der Waals surface area contributed by atoms with E-state index < -0.39 is 0 Å². The molecule has 0 bridgehead atoms. The SMILES string of the molecule is CNC(=O)N1CCN(c2cccc(-n3ccc4c(F)ccc(C)c43)c2)CC1. The Balaban J connectivity index is 1.63. The van der Waals surface area contributed by atoms with E-state index in [9.17, 15) is 9.18 Å². The predicted molar refractivity (Wildman–Crippen MR) is 106 cm³/mol. The number of nitrogens with one attached hydrogen (secondary N) is 1. The fourth-order valence-electron chi connectivity index (χ4n) is 3.77. The molecule has 2 amide bonds. The maximum Gasteiger partial charge on any atom is 0.317 e. The first-order valence-electron chi connectivity index (χ1n) is 9.16. The Morgan fingerprint density at radius 3 is 2.52 bits per heavy atom. The number of carbonyl (C=O) groups excluding carboxylic acids is 1. The number of halogens is 1. The molecule has 1 N–H and O–H groups in total. The molecule has 0 atom stereocenters. The van der Waals surface area contributed by atoms with Crippen LogP contribution in [0.1, 0.15) is 5.56 Å². The lowest BCUT2D eigenvalue weighted by Crippen LogP contribution is -2.51. The molecule has 3 aromatic rings. The molecule has 4 rings (SSSR count). The molecule has 2 heterocycles. The normalized spacial score (nSPS) is 14.6. The van der Waals surface area contributed by atoms with Gasteiger partial charge in [-0.15, -0.1) is 0 Å². The molecule has 1 aliphatic heterocycles. The minimum atomic E-state index is -0.198. The summed E-state index contributed by atoms with van der Waals surface area (Å²) in [5.74, 6) is -0.198. The van der Waals surface area contributed by atoms with Crippen LogP contribution in [0.2, 0.25) is 0 Å². The van der Waals surface area contributed by atoms with Crippen LogP contribution < -0.4 is 10.2 Å². The van der Waals surface area contributed by atoms with E-state index in [1.54, 1.807) is 7.05 Å². The third-order valence-corrected chi connectivity index (χ3v) is 5.25. The summed E-state index contributed by atoms with van der Waals surface area (Å²) in [5.41, 5.74) is 4.06. The van der Waals surface area contributed by atoms with E-state index in [2.05, 4.69) is 22.3 Å². The van der Waals surface area contributed by atoms with Crippen LogP contribution in [0.25, 0.3) is 16.6 Å². The fourth-order valence-corrected chi connectivity index (χ4v) is 3.77. The first kappa shape index (κ1) is 17.4. The lowest BCUT2D eigenvalue weighted by Gasteiger charge is -2.36. The van der Waals surface area contributed by atoms with Crippen LogP contribution >= 0.6 is 0 Å². The highest BCUT2D eigenvalue weighted by Gasteiger charge is 2.20. The van der Waals surface area contributed by atoms with Crippen molar-refractivity contribution in [2.24, 2.45) is 0 Å². The monoisotopic (exact) mass is 366 g/mol. The number of piperazine rings is 1. The minimum Gasteiger partial charge on any atom is -0.368 e. The summed E-state index contributed by atoms with van der Waals surface area (Å²) in [4.78, 5) is 15.9. The zero-order valence-corrected chi connectivity index (χ0v) is 15.6. The summed E-state index contributed by atoms with van der Waals surface area (Å²) in [5, 5.41) is 3.32.